The van der Waals surface area contributed by atoms with Crippen molar-refractivity contribution in [2.75, 3.05) is 25.6 Å². The lowest BCUT2D eigenvalue weighted by molar-refractivity contribution is -0.121. The first-order valence-corrected chi connectivity index (χ1v) is 10.8. The highest BCUT2D eigenvalue weighted by Crippen LogP contribution is 2.50. The summed E-state index contributed by atoms with van der Waals surface area (Å²) in [5, 5.41) is 3.03. The molecule has 1 aliphatic heterocycles. The number of carbonyl (C=O) groups is 3. The lowest BCUT2D eigenvalue weighted by Gasteiger charge is -2.50. The van der Waals surface area contributed by atoms with Crippen LogP contribution >= 0.6 is 0 Å². The molecular formula is C25H28N2O4. The van der Waals surface area contributed by atoms with Crippen LogP contribution in [0.25, 0.3) is 0 Å². The number of ether oxygens (including phenoxy) is 1. The standard InChI is InChI=1S/C25H28N2O4/c1-17(28)18-8-7-9-19(16-18)26-23(29)22-20-10-3-4-11-21(20)24(30)27(14-15-31-2)25(22)12-5-6-13-25/h3-4,7-11,16,22H,5-6,12-15H2,1-2H3,(H,26,29)/t22-/m1/s1. The molecule has 0 saturated heterocycles. The summed E-state index contributed by atoms with van der Waals surface area (Å²) >= 11 is 0. The molecule has 31 heavy (non-hydrogen) atoms. The highest BCUT2D eigenvalue weighted by molar-refractivity contribution is 6.05. The fourth-order valence-corrected chi connectivity index (χ4v) is 5.20. The molecule has 1 saturated carbocycles. The predicted octanol–water partition coefficient (Wildman–Crippen LogP) is 4.03. The van der Waals surface area contributed by atoms with E-state index in [2.05, 4.69) is 5.32 Å². The van der Waals surface area contributed by atoms with Crippen LogP contribution in [0.5, 0.6) is 0 Å². The molecule has 0 bridgehead atoms. The van der Waals surface area contributed by atoms with E-state index in [1.54, 1.807) is 37.4 Å². The number of Topliss-reactive ketones (excluding diaryl/α,β-unsaturated/α-hetero) is 1. The zero-order chi connectivity index (χ0) is 22.0. The van der Waals surface area contributed by atoms with Gasteiger partial charge in [-0.3, -0.25) is 14.4 Å². The van der Waals surface area contributed by atoms with E-state index in [9.17, 15) is 14.4 Å². The topological polar surface area (TPSA) is 75.7 Å². The predicted molar refractivity (Wildman–Crippen MR) is 118 cm³/mol. The third-order valence-electron chi connectivity index (χ3n) is 6.61. The van der Waals surface area contributed by atoms with E-state index in [0.29, 0.717) is 30.0 Å². The molecule has 0 radical (unpaired) electrons. The monoisotopic (exact) mass is 420 g/mol. The summed E-state index contributed by atoms with van der Waals surface area (Å²) < 4.78 is 5.28. The highest BCUT2D eigenvalue weighted by Gasteiger charge is 2.55. The van der Waals surface area contributed by atoms with Crippen LogP contribution in [0.2, 0.25) is 0 Å². The normalized spacial score (nSPS) is 19.4. The van der Waals surface area contributed by atoms with Gasteiger partial charge < -0.3 is 15.0 Å². The number of ketones is 1. The molecule has 4 rings (SSSR count). The Kier molecular flexibility index (Phi) is 5.92. The Morgan fingerprint density at radius 2 is 1.87 bits per heavy atom. The van der Waals surface area contributed by atoms with Gasteiger partial charge in [0.15, 0.2) is 5.78 Å². The van der Waals surface area contributed by atoms with Crippen molar-refractivity contribution in [2.24, 2.45) is 0 Å². The molecule has 1 spiro atoms. The molecule has 2 aromatic rings. The molecule has 6 heteroatoms. The summed E-state index contributed by atoms with van der Waals surface area (Å²) in [6.07, 6.45) is 3.51. The van der Waals surface area contributed by atoms with Gasteiger partial charge in [0.1, 0.15) is 0 Å². The van der Waals surface area contributed by atoms with Crippen LogP contribution in [-0.4, -0.2) is 48.3 Å². The summed E-state index contributed by atoms with van der Waals surface area (Å²) in [5.74, 6) is -0.716. The van der Waals surface area contributed by atoms with Crippen LogP contribution in [0.15, 0.2) is 48.5 Å². The number of hydrogen-bond donors (Lipinski definition) is 1. The fourth-order valence-electron chi connectivity index (χ4n) is 5.20. The number of benzene rings is 2. The SMILES string of the molecule is COCCN1C(=O)c2ccccc2[C@H](C(=O)Nc2cccc(C(C)=O)c2)C12CCCC2. The summed E-state index contributed by atoms with van der Waals surface area (Å²) in [6, 6.07) is 14.4. The van der Waals surface area contributed by atoms with Crippen molar-refractivity contribution in [3.8, 4) is 0 Å². The summed E-state index contributed by atoms with van der Waals surface area (Å²) in [5.41, 5.74) is 1.93. The first-order chi connectivity index (χ1) is 15.0. The van der Waals surface area contributed by atoms with Gasteiger partial charge in [0.2, 0.25) is 5.91 Å². The Balaban J connectivity index is 1.76. The van der Waals surface area contributed by atoms with Crippen LogP contribution < -0.4 is 5.32 Å². The maximum Gasteiger partial charge on any atom is 0.254 e. The fraction of sp³-hybridized carbons (Fsp3) is 0.400. The molecule has 1 atom stereocenters. The van der Waals surface area contributed by atoms with Gasteiger partial charge in [0.05, 0.1) is 18.1 Å². The summed E-state index contributed by atoms with van der Waals surface area (Å²) in [7, 11) is 1.62. The maximum atomic E-state index is 13.7. The van der Waals surface area contributed by atoms with E-state index in [1.165, 1.54) is 6.92 Å². The van der Waals surface area contributed by atoms with Crippen LogP contribution in [0.3, 0.4) is 0 Å². The Bertz CT molecular complexity index is 1010. The molecule has 2 amide bonds. The van der Waals surface area contributed by atoms with E-state index in [-0.39, 0.29) is 17.6 Å². The molecule has 1 aliphatic carbocycles. The van der Waals surface area contributed by atoms with E-state index in [1.807, 2.05) is 23.1 Å². The molecule has 162 valence electrons. The zero-order valence-electron chi connectivity index (χ0n) is 18.0. The van der Waals surface area contributed by atoms with Crippen LogP contribution in [0.1, 0.15) is 64.8 Å². The average Bonchev–Trinajstić information content (AvgIpc) is 3.23. The minimum absolute atomic E-state index is 0.0304. The van der Waals surface area contributed by atoms with Crippen molar-refractivity contribution in [2.45, 2.75) is 44.1 Å². The molecule has 1 heterocycles. The smallest absolute Gasteiger partial charge is 0.254 e. The Morgan fingerprint density at radius 3 is 2.58 bits per heavy atom. The molecule has 2 aromatic carbocycles. The van der Waals surface area contributed by atoms with Crippen LogP contribution in [0.4, 0.5) is 5.69 Å². The number of rotatable bonds is 6. The van der Waals surface area contributed by atoms with Crippen molar-refractivity contribution in [1.29, 1.82) is 0 Å². The number of nitrogens with one attached hydrogen (secondary N) is 1. The second-order valence-electron chi connectivity index (χ2n) is 8.41. The van der Waals surface area contributed by atoms with Crippen molar-refractivity contribution in [3.05, 3.63) is 65.2 Å². The van der Waals surface area contributed by atoms with Gasteiger partial charge in [0, 0.05) is 30.5 Å². The number of fused-ring (bicyclic) bond motifs is 1. The molecule has 6 nitrogen and oxygen atoms in total. The maximum absolute atomic E-state index is 13.7. The number of amides is 2. The van der Waals surface area contributed by atoms with Gasteiger partial charge in [0.25, 0.3) is 5.91 Å². The van der Waals surface area contributed by atoms with E-state index in [4.69, 9.17) is 4.74 Å². The zero-order valence-corrected chi connectivity index (χ0v) is 18.0. The number of anilines is 1. The van der Waals surface area contributed by atoms with E-state index < -0.39 is 11.5 Å². The summed E-state index contributed by atoms with van der Waals surface area (Å²) in [4.78, 5) is 40.8. The summed E-state index contributed by atoms with van der Waals surface area (Å²) in [6.45, 7) is 2.38. The van der Waals surface area contributed by atoms with Gasteiger partial charge in [-0.05, 0) is 43.5 Å². The van der Waals surface area contributed by atoms with Crippen molar-refractivity contribution < 1.29 is 19.1 Å². The first-order valence-electron chi connectivity index (χ1n) is 10.8. The van der Waals surface area contributed by atoms with Crippen molar-refractivity contribution in [3.63, 3.8) is 0 Å². The number of hydrogen-bond acceptors (Lipinski definition) is 4. The van der Waals surface area contributed by atoms with Gasteiger partial charge in [-0.1, -0.05) is 43.2 Å². The Labute approximate surface area is 182 Å². The largest absolute Gasteiger partial charge is 0.383 e. The average molecular weight is 421 g/mol. The molecular weight excluding hydrogens is 392 g/mol. The molecule has 0 unspecified atom stereocenters. The van der Waals surface area contributed by atoms with Crippen molar-refractivity contribution in [1.82, 2.24) is 4.90 Å². The Hall–Kier alpha value is -2.99. The third kappa shape index (κ3) is 3.76. The molecule has 0 aromatic heterocycles. The Morgan fingerprint density at radius 1 is 1.13 bits per heavy atom. The van der Waals surface area contributed by atoms with Gasteiger partial charge in [-0.2, -0.15) is 0 Å². The van der Waals surface area contributed by atoms with Gasteiger partial charge in [-0.25, -0.2) is 0 Å². The lowest BCUT2D eigenvalue weighted by Crippen LogP contribution is -2.60. The van der Waals surface area contributed by atoms with Gasteiger partial charge in [-0.15, -0.1) is 0 Å². The molecule has 1 N–H and O–H groups in total. The van der Waals surface area contributed by atoms with E-state index in [0.717, 1.165) is 31.2 Å². The number of methoxy groups -OCH3 is 1. The third-order valence-corrected chi connectivity index (χ3v) is 6.61. The van der Waals surface area contributed by atoms with Crippen LogP contribution in [-0.2, 0) is 9.53 Å². The van der Waals surface area contributed by atoms with Gasteiger partial charge >= 0.3 is 0 Å². The van der Waals surface area contributed by atoms with Crippen LogP contribution in [0, 0.1) is 0 Å². The lowest BCUT2D eigenvalue weighted by atomic mass is 9.71. The first kappa shape index (κ1) is 21.2. The second-order valence-corrected chi connectivity index (χ2v) is 8.41. The molecule has 1 fully saturated rings. The van der Waals surface area contributed by atoms with E-state index >= 15 is 0 Å². The quantitative estimate of drug-likeness (QED) is 0.716. The number of carbonyl (C=O) groups excluding carboxylic acids is 3. The molecule has 2 aliphatic rings. The second kappa shape index (κ2) is 8.63. The number of nitrogens with zero attached hydrogens (tertiary/aromatic N) is 1. The van der Waals surface area contributed by atoms with Crippen molar-refractivity contribution >= 4 is 23.3 Å². The minimum atomic E-state index is -0.563. The highest BCUT2D eigenvalue weighted by atomic mass is 16.5. The minimum Gasteiger partial charge on any atom is -0.383 e.